The Bertz CT molecular complexity index is 288. The second-order valence-corrected chi connectivity index (χ2v) is 5.19. The number of hydrogen-bond acceptors (Lipinski definition) is 4. The zero-order chi connectivity index (χ0) is 13.6. The summed E-state index contributed by atoms with van der Waals surface area (Å²) in [5.41, 5.74) is -0.621. The van der Waals surface area contributed by atoms with E-state index in [1.54, 1.807) is 20.8 Å². The lowest BCUT2D eigenvalue weighted by Gasteiger charge is -2.26. The molecule has 0 aromatic heterocycles. The first-order valence-corrected chi connectivity index (χ1v) is 5.89. The standard InChI is InChI=1S/C13H22O4/c1-6-10(7-8-14)11(9(2)15)12(16)17-13(3,4)5/h8,10-11H,6-7H2,1-5H3/t10-,11?/m1/s1. The first-order valence-electron chi connectivity index (χ1n) is 5.89. The topological polar surface area (TPSA) is 60.4 Å². The number of aldehydes is 1. The maximum atomic E-state index is 11.9. The summed E-state index contributed by atoms with van der Waals surface area (Å²) in [5, 5.41) is 0. The molecular weight excluding hydrogens is 220 g/mol. The Morgan fingerprint density at radius 1 is 1.29 bits per heavy atom. The Hall–Kier alpha value is -1.19. The fourth-order valence-electron chi connectivity index (χ4n) is 1.72. The monoisotopic (exact) mass is 242 g/mol. The second kappa shape index (κ2) is 6.52. The number of esters is 1. The highest BCUT2D eigenvalue weighted by Gasteiger charge is 2.34. The smallest absolute Gasteiger partial charge is 0.317 e. The van der Waals surface area contributed by atoms with Gasteiger partial charge in [0.2, 0.25) is 0 Å². The first-order chi connectivity index (χ1) is 7.72. The van der Waals surface area contributed by atoms with Crippen LogP contribution in [0.5, 0.6) is 0 Å². The maximum absolute atomic E-state index is 11.9. The van der Waals surface area contributed by atoms with E-state index >= 15 is 0 Å². The van der Waals surface area contributed by atoms with Crippen LogP contribution in [0.25, 0.3) is 0 Å². The van der Waals surface area contributed by atoms with Gasteiger partial charge in [-0.3, -0.25) is 9.59 Å². The van der Waals surface area contributed by atoms with E-state index in [0.717, 1.165) is 6.29 Å². The van der Waals surface area contributed by atoms with Gasteiger partial charge >= 0.3 is 5.97 Å². The van der Waals surface area contributed by atoms with E-state index in [2.05, 4.69) is 0 Å². The third kappa shape index (κ3) is 5.61. The van der Waals surface area contributed by atoms with E-state index in [1.165, 1.54) is 6.92 Å². The van der Waals surface area contributed by atoms with Crippen LogP contribution in [0.1, 0.15) is 47.5 Å². The van der Waals surface area contributed by atoms with Crippen LogP contribution < -0.4 is 0 Å². The van der Waals surface area contributed by atoms with Crippen molar-refractivity contribution in [3.05, 3.63) is 0 Å². The summed E-state index contributed by atoms with van der Waals surface area (Å²) in [7, 11) is 0. The molecule has 17 heavy (non-hydrogen) atoms. The Balaban J connectivity index is 4.89. The number of ketones is 1. The van der Waals surface area contributed by atoms with Gasteiger partial charge in [0.05, 0.1) is 0 Å². The zero-order valence-electron chi connectivity index (χ0n) is 11.3. The van der Waals surface area contributed by atoms with Crippen molar-refractivity contribution < 1.29 is 19.1 Å². The van der Waals surface area contributed by atoms with Gasteiger partial charge in [-0.1, -0.05) is 13.3 Å². The molecule has 1 unspecified atom stereocenters. The van der Waals surface area contributed by atoms with Crippen LogP contribution in [-0.4, -0.2) is 23.6 Å². The van der Waals surface area contributed by atoms with Crippen LogP contribution >= 0.6 is 0 Å². The van der Waals surface area contributed by atoms with Crippen molar-refractivity contribution in [2.24, 2.45) is 11.8 Å². The van der Waals surface area contributed by atoms with Crippen molar-refractivity contribution in [1.82, 2.24) is 0 Å². The molecule has 0 heterocycles. The van der Waals surface area contributed by atoms with Crippen molar-refractivity contribution in [3.8, 4) is 0 Å². The number of carbonyl (C=O) groups is 3. The summed E-state index contributed by atoms with van der Waals surface area (Å²) in [4.78, 5) is 34.0. The molecule has 0 radical (unpaired) electrons. The molecule has 0 N–H and O–H groups in total. The summed E-state index contributed by atoms with van der Waals surface area (Å²) in [6.45, 7) is 8.48. The molecule has 0 bridgehead atoms. The van der Waals surface area contributed by atoms with Gasteiger partial charge in [0, 0.05) is 6.42 Å². The van der Waals surface area contributed by atoms with Gasteiger partial charge in [0.15, 0.2) is 0 Å². The quantitative estimate of drug-likeness (QED) is 0.407. The third-order valence-corrected chi connectivity index (χ3v) is 2.49. The molecule has 0 aliphatic heterocycles. The second-order valence-electron chi connectivity index (χ2n) is 5.19. The molecule has 4 heteroatoms. The van der Waals surface area contributed by atoms with Gasteiger partial charge < -0.3 is 9.53 Å². The van der Waals surface area contributed by atoms with Gasteiger partial charge in [-0.2, -0.15) is 0 Å². The van der Waals surface area contributed by atoms with Crippen LogP contribution in [0.3, 0.4) is 0 Å². The van der Waals surface area contributed by atoms with Crippen molar-refractivity contribution in [2.45, 2.75) is 53.1 Å². The summed E-state index contributed by atoms with van der Waals surface area (Å²) in [5.74, 6) is -1.86. The molecule has 0 aliphatic carbocycles. The molecule has 98 valence electrons. The third-order valence-electron chi connectivity index (χ3n) is 2.49. The predicted octanol–water partition coefficient (Wildman–Crippen LogP) is 2.15. The summed E-state index contributed by atoms with van der Waals surface area (Å²) >= 11 is 0. The maximum Gasteiger partial charge on any atom is 0.317 e. The van der Waals surface area contributed by atoms with E-state index in [-0.39, 0.29) is 18.1 Å². The lowest BCUT2D eigenvalue weighted by atomic mass is 9.85. The Morgan fingerprint density at radius 2 is 1.82 bits per heavy atom. The Morgan fingerprint density at radius 3 is 2.12 bits per heavy atom. The summed E-state index contributed by atoms with van der Waals surface area (Å²) in [6, 6.07) is 0. The van der Waals surface area contributed by atoms with Crippen LogP contribution in [0.15, 0.2) is 0 Å². The van der Waals surface area contributed by atoms with Crippen molar-refractivity contribution in [1.29, 1.82) is 0 Å². The van der Waals surface area contributed by atoms with E-state index in [4.69, 9.17) is 4.74 Å². The molecule has 0 rings (SSSR count). The van der Waals surface area contributed by atoms with Crippen LogP contribution in [0.2, 0.25) is 0 Å². The largest absolute Gasteiger partial charge is 0.459 e. The fraction of sp³-hybridized carbons (Fsp3) is 0.769. The molecule has 0 aromatic carbocycles. The molecule has 0 spiro atoms. The van der Waals surface area contributed by atoms with Crippen LogP contribution in [0.4, 0.5) is 0 Å². The lowest BCUT2D eigenvalue weighted by molar-refractivity contribution is -0.164. The van der Waals surface area contributed by atoms with Gasteiger partial charge in [-0.15, -0.1) is 0 Å². The average molecular weight is 242 g/mol. The van der Waals surface area contributed by atoms with Crippen LogP contribution in [-0.2, 0) is 19.1 Å². The highest BCUT2D eigenvalue weighted by atomic mass is 16.6. The van der Waals surface area contributed by atoms with Crippen molar-refractivity contribution >= 4 is 18.0 Å². The number of ether oxygens (including phenoxy) is 1. The number of hydrogen-bond donors (Lipinski definition) is 0. The first kappa shape index (κ1) is 15.8. The van der Waals surface area contributed by atoms with Crippen molar-refractivity contribution in [2.75, 3.05) is 0 Å². The van der Waals surface area contributed by atoms with Gasteiger partial charge in [-0.05, 0) is 33.6 Å². The van der Waals surface area contributed by atoms with E-state index in [0.29, 0.717) is 6.42 Å². The fourth-order valence-corrected chi connectivity index (χ4v) is 1.72. The number of carbonyl (C=O) groups excluding carboxylic acids is 3. The van der Waals surface area contributed by atoms with E-state index in [9.17, 15) is 14.4 Å². The molecule has 4 nitrogen and oxygen atoms in total. The number of rotatable bonds is 6. The average Bonchev–Trinajstić information content (AvgIpc) is 2.13. The molecule has 0 amide bonds. The predicted molar refractivity (Wildman–Crippen MR) is 64.5 cm³/mol. The molecule has 0 aromatic rings. The summed E-state index contributed by atoms with van der Waals surface area (Å²) in [6.07, 6.45) is 1.55. The van der Waals surface area contributed by atoms with Gasteiger partial charge in [-0.25, -0.2) is 0 Å². The van der Waals surface area contributed by atoms with Crippen LogP contribution in [0, 0.1) is 11.8 Å². The zero-order valence-corrected chi connectivity index (χ0v) is 11.3. The Labute approximate surface area is 103 Å². The molecule has 0 aliphatic rings. The molecule has 0 saturated heterocycles. The normalized spacial score (nSPS) is 14.9. The Kier molecular flexibility index (Phi) is 6.07. The molecular formula is C13H22O4. The SMILES string of the molecule is CC[C@H](CC=O)C(C(C)=O)C(=O)OC(C)(C)C. The minimum atomic E-state index is -0.829. The van der Waals surface area contributed by atoms with Gasteiger partial charge in [0.25, 0.3) is 0 Å². The molecule has 0 saturated carbocycles. The van der Waals surface area contributed by atoms with Gasteiger partial charge in [0.1, 0.15) is 23.6 Å². The molecule has 0 fully saturated rings. The highest BCUT2D eigenvalue weighted by molar-refractivity contribution is 5.98. The minimum absolute atomic E-state index is 0.208. The van der Waals surface area contributed by atoms with E-state index < -0.39 is 17.5 Å². The van der Waals surface area contributed by atoms with E-state index in [1.807, 2.05) is 6.92 Å². The highest BCUT2D eigenvalue weighted by Crippen LogP contribution is 2.23. The number of Topliss-reactive ketones (excluding diaryl/α,β-unsaturated/α-hetero) is 1. The minimum Gasteiger partial charge on any atom is -0.459 e. The lowest BCUT2D eigenvalue weighted by Crippen LogP contribution is -2.36. The molecule has 2 atom stereocenters. The van der Waals surface area contributed by atoms with Crippen molar-refractivity contribution in [3.63, 3.8) is 0 Å². The summed E-state index contributed by atoms with van der Waals surface area (Å²) < 4.78 is 5.21.